The maximum atomic E-state index is 12.9. The maximum absolute atomic E-state index is 12.9. The number of carboxylic acids is 1. The van der Waals surface area contributed by atoms with E-state index in [2.05, 4.69) is 0 Å². The molecule has 0 unspecified atom stereocenters. The fraction of sp³-hybridized carbons (Fsp3) is 0.222. The average molecular weight is 222 g/mol. The molecule has 0 heterocycles. The lowest BCUT2D eigenvalue weighted by Crippen LogP contribution is -2.26. The maximum Gasteiger partial charge on any atom is 0.336 e. The Morgan fingerprint density at radius 1 is 1.27 bits per heavy atom. The molecule has 0 bridgehead atoms. The third-order valence-electron chi connectivity index (χ3n) is 1.79. The van der Waals surface area contributed by atoms with Gasteiger partial charge in [0.15, 0.2) is 0 Å². The molecule has 1 N–H and O–H groups in total. The first-order chi connectivity index (χ1) is 6.87. The van der Waals surface area contributed by atoms with Crippen molar-refractivity contribution < 1.29 is 27.5 Å². The van der Waals surface area contributed by atoms with Crippen LogP contribution < -0.4 is 0 Å². The molecule has 1 aromatic rings. The summed E-state index contributed by atoms with van der Waals surface area (Å²) in [6.07, 6.45) is -3.93. The first-order valence-electron chi connectivity index (χ1n) is 3.86. The minimum absolute atomic E-state index is 0.676. The Balaban J connectivity index is 3.31. The van der Waals surface area contributed by atoms with Crippen LogP contribution in [0.1, 0.15) is 15.9 Å². The van der Waals surface area contributed by atoms with Crippen molar-refractivity contribution in [2.24, 2.45) is 0 Å². The molecule has 0 spiro atoms. The van der Waals surface area contributed by atoms with Crippen LogP contribution in [0.5, 0.6) is 0 Å². The first kappa shape index (κ1) is 11.5. The molecule has 2 nitrogen and oxygen atoms in total. The molecule has 6 heteroatoms. The normalized spacial score (nSPS) is 11.8. The summed E-state index contributed by atoms with van der Waals surface area (Å²) in [5.41, 5.74) is -1.99. The smallest absolute Gasteiger partial charge is 0.336 e. The van der Waals surface area contributed by atoms with Crippen LogP contribution in [0.4, 0.5) is 17.6 Å². The molecule has 82 valence electrons. The number of benzene rings is 1. The fourth-order valence-corrected chi connectivity index (χ4v) is 1.08. The summed E-state index contributed by atoms with van der Waals surface area (Å²) < 4.78 is 49.8. The summed E-state index contributed by atoms with van der Waals surface area (Å²) in [4.78, 5) is 10.5. The molecule has 0 fully saturated rings. The summed E-state index contributed by atoms with van der Waals surface area (Å²) in [6.45, 7) is 0. The van der Waals surface area contributed by atoms with Crippen molar-refractivity contribution in [3.8, 4) is 0 Å². The van der Waals surface area contributed by atoms with Gasteiger partial charge in [0.2, 0.25) is 0 Å². The highest BCUT2D eigenvalue weighted by atomic mass is 19.3. The van der Waals surface area contributed by atoms with E-state index >= 15 is 0 Å². The molecular formula is C9H6F4O2. The van der Waals surface area contributed by atoms with Crippen molar-refractivity contribution in [1.29, 1.82) is 0 Å². The molecule has 0 aliphatic heterocycles. The van der Waals surface area contributed by atoms with Crippen LogP contribution in [-0.4, -0.2) is 17.5 Å². The van der Waals surface area contributed by atoms with Gasteiger partial charge in [-0.3, -0.25) is 0 Å². The van der Waals surface area contributed by atoms with Gasteiger partial charge in [-0.25, -0.2) is 13.6 Å². The van der Waals surface area contributed by atoms with Crippen LogP contribution >= 0.6 is 0 Å². The highest BCUT2D eigenvalue weighted by Gasteiger charge is 2.45. The fourth-order valence-electron chi connectivity index (χ4n) is 1.08. The number of alkyl halides is 4. The van der Waals surface area contributed by atoms with Crippen LogP contribution in [0, 0.1) is 0 Å². The first-order valence-corrected chi connectivity index (χ1v) is 3.86. The Morgan fingerprint density at radius 3 is 2.27 bits per heavy atom. The van der Waals surface area contributed by atoms with Crippen molar-refractivity contribution in [1.82, 2.24) is 0 Å². The predicted molar refractivity (Wildman–Crippen MR) is 43.3 cm³/mol. The van der Waals surface area contributed by atoms with E-state index in [-0.39, 0.29) is 0 Å². The molecule has 1 aromatic carbocycles. The summed E-state index contributed by atoms with van der Waals surface area (Å²) in [5.74, 6) is -6.11. The molecule has 0 aromatic heterocycles. The SMILES string of the molecule is O=C(O)c1ccccc1C(F)(F)C(F)F. The molecule has 1 rings (SSSR count). The van der Waals surface area contributed by atoms with Gasteiger partial charge in [0.25, 0.3) is 0 Å². The minimum Gasteiger partial charge on any atom is -0.478 e. The minimum atomic E-state index is -4.45. The third kappa shape index (κ3) is 2.08. The number of halogens is 4. The number of carbonyl (C=O) groups is 1. The Kier molecular flexibility index (Phi) is 2.97. The molecule has 0 radical (unpaired) electrons. The van der Waals surface area contributed by atoms with Gasteiger partial charge in [0, 0.05) is 5.56 Å². The summed E-state index contributed by atoms with van der Waals surface area (Å²) in [6, 6.07) is 3.80. The lowest BCUT2D eigenvalue weighted by molar-refractivity contribution is -0.135. The average Bonchev–Trinajstić information content (AvgIpc) is 2.17. The second-order valence-electron chi connectivity index (χ2n) is 2.77. The van der Waals surface area contributed by atoms with Crippen LogP contribution in [0.25, 0.3) is 0 Å². The van der Waals surface area contributed by atoms with Crippen molar-refractivity contribution in [3.63, 3.8) is 0 Å². The topological polar surface area (TPSA) is 37.3 Å². The van der Waals surface area contributed by atoms with Gasteiger partial charge in [0.1, 0.15) is 0 Å². The molecule has 15 heavy (non-hydrogen) atoms. The number of aromatic carboxylic acids is 1. The van der Waals surface area contributed by atoms with E-state index in [1.807, 2.05) is 0 Å². The van der Waals surface area contributed by atoms with Gasteiger partial charge in [-0.15, -0.1) is 0 Å². The van der Waals surface area contributed by atoms with Crippen LogP contribution in [0.3, 0.4) is 0 Å². The monoisotopic (exact) mass is 222 g/mol. The standard InChI is InChI=1S/C9H6F4O2/c10-8(11)9(12,13)6-4-2-1-3-5(6)7(14)15/h1-4,8H,(H,14,15). The number of carboxylic acid groups (broad SMARTS) is 1. The van der Waals surface area contributed by atoms with Gasteiger partial charge in [-0.05, 0) is 6.07 Å². The van der Waals surface area contributed by atoms with E-state index in [4.69, 9.17) is 5.11 Å². The zero-order chi connectivity index (χ0) is 11.6. The summed E-state index contributed by atoms with van der Waals surface area (Å²) >= 11 is 0. The summed E-state index contributed by atoms with van der Waals surface area (Å²) in [7, 11) is 0. The highest BCUT2D eigenvalue weighted by molar-refractivity contribution is 5.89. The van der Waals surface area contributed by atoms with Gasteiger partial charge >= 0.3 is 18.3 Å². The third-order valence-corrected chi connectivity index (χ3v) is 1.79. The van der Waals surface area contributed by atoms with Crippen molar-refractivity contribution >= 4 is 5.97 Å². The second kappa shape index (κ2) is 3.88. The lowest BCUT2D eigenvalue weighted by Gasteiger charge is -2.17. The predicted octanol–water partition coefficient (Wildman–Crippen LogP) is 2.74. The van der Waals surface area contributed by atoms with Crippen LogP contribution in [0.15, 0.2) is 24.3 Å². The Morgan fingerprint density at radius 2 is 1.80 bits per heavy atom. The van der Waals surface area contributed by atoms with Gasteiger partial charge in [-0.1, -0.05) is 18.2 Å². The van der Waals surface area contributed by atoms with Crippen molar-refractivity contribution in [2.75, 3.05) is 0 Å². The van der Waals surface area contributed by atoms with Crippen LogP contribution in [0.2, 0.25) is 0 Å². The Labute approximate surface area is 82.1 Å². The highest BCUT2D eigenvalue weighted by Crippen LogP contribution is 2.36. The summed E-state index contributed by atoms with van der Waals surface area (Å²) in [5, 5.41) is 8.53. The van der Waals surface area contributed by atoms with Gasteiger partial charge < -0.3 is 5.11 Å². The zero-order valence-electron chi connectivity index (χ0n) is 7.25. The van der Waals surface area contributed by atoms with E-state index in [0.29, 0.717) is 6.07 Å². The molecular weight excluding hydrogens is 216 g/mol. The molecule has 0 saturated carbocycles. The quantitative estimate of drug-likeness (QED) is 0.798. The van der Waals surface area contributed by atoms with Gasteiger partial charge in [0.05, 0.1) is 5.56 Å². The molecule has 0 atom stereocenters. The van der Waals surface area contributed by atoms with E-state index in [1.165, 1.54) is 6.07 Å². The van der Waals surface area contributed by atoms with Gasteiger partial charge in [-0.2, -0.15) is 8.78 Å². The van der Waals surface area contributed by atoms with E-state index in [0.717, 1.165) is 12.1 Å². The molecule has 0 aliphatic rings. The van der Waals surface area contributed by atoms with Crippen molar-refractivity contribution in [2.45, 2.75) is 12.3 Å². The van der Waals surface area contributed by atoms with E-state index in [9.17, 15) is 22.4 Å². The second-order valence-corrected chi connectivity index (χ2v) is 2.77. The number of rotatable bonds is 3. The zero-order valence-corrected chi connectivity index (χ0v) is 7.25. The Hall–Kier alpha value is -1.59. The van der Waals surface area contributed by atoms with Crippen molar-refractivity contribution in [3.05, 3.63) is 35.4 Å². The Bertz CT molecular complexity index is 376. The van der Waals surface area contributed by atoms with E-state index in [1.54, 1.807) is 0 Å². The number of hydrogen-bond donors (Lipinski definition) is 1. The lowest BCUT2D eigenvalue weighted by atomic mass is 10.0. The molecule has 0 saturated heterocycles. The largest absolute Gasteiger partial charge is 0.478 e. The molecule has 0 aliphatic carbocycles. The molecule has 0 amide bonds. The van der Waals surface area contributed by atoms with E-state index < -0.39 is 29.4 Å². The number of hydrogen-bond acceptors (Lipinski definition) is 1. The van der Waals surface area contributed by atoms with Crippen LogP contribution in [-0.2, 0) is 5.92 Å².